The number of thioether (sulfide) groups is 1. The van der Waals surface area contributed by atoms with Gasteiger partial charge in [0.2, 0.25) is 0 Å². The highest BCUT2D eigenvalue weighted by atomic mass is 32.2. The second-order valence-corrected chi connectivity index (χ2v) is 5.37. The van der Waals surface area contributed by atoms with E-state index in [0.29, 0.717) is 15.8 Å². The lowest BCUT2D eigenvalue weighted by atomic mass is 10.3. The molecule has 0 unspecified atom stereocenters. The van der Waals surface area contributed by atoms with Crippen LogP contribution in [0.5, 0.6) is 0 Å². The Bertz CT molecular complexity index is 490. The molecule has 1 aliphatic heterocycles. The van der Waals surface area contributed by atoms with Crippen LogP contribution >= 0.6 is 36.2 Å². The van der Waals surface area contributed by atoms with Crippen LogP contribution in [-0.2, 0) is 4.79 Å². The molecule has 18 heavy (non-hydrogen) atoms. The van der Waals surface area contributed by atoms with E-state index in [1.807, 2.05) is 0 Å². The van der Waals surface area contributed by atoms with Gasteiger partial charge in [0.15, 0.2) is 9.43 Å². The Hall–Kier alpha value is -1.25. The van der Waals surface area contributed by atoms with Crippen LogP contribution in [-0.4, -0.2) is 26.1 Å². The highest BCUT2D eigenvalue weighted by molar-refractivity contribution is 8.23. The van der Waals surface area contributed by atoms with Crippen LogP contribution in [0.2, 0.25) is 0 Å². The molecule has 1 aromatic carbocycles. The van der Waals surface area contributed by atoms with Crippen molar-refractivity contribution in [2.75, 3.05) is 11.1 Å². The Labute approximate surface area is 118 Å². The Morgan fingerprint density at radius 3 is 2.61 bits per heavy atom. The predicted octanol–water partition coefficient (Wildman–Crippen LogP) is 1.89. The summed E-state index contributed by atoms with van der Waals surface area (Å²) in [7, 11) is 0. The maximum absolute atomic E-state index is 12.7. The van der Waals surface area contributed by atoms with Gasteiger partial charge >= 0.3 is 0 Å². The highest BCUT2D eigenvalue weighted by Gasteiger charge is 2.27. The molecule has 94 valence electrons. The normalized spacial score (nSPS) is 14.8. The largest absolute Gasteiger partial charge is 0.331 e. The minimum absolute atomic E-state index is 0.145. The fraction of sp³-hybridized carbons (Fsp3) is 0.100. The van der Waals surface area contributed by atoms with Gasteiger partial charge in [0, 0.05) is 5.69 Å². The quantitative estimate of drug-likeness (QED) is 0.813. The lowest BCUT2D eigenvalue weighted by Crippen LogP contribution is -2.46. The van der Waals surface area contributed by atoms with Crippen LogP contribution in [0.15, 0.2) is 24.3 Å². The zero-order valence-electron chi connectivity index (χ0n) is 8.97. The number of nitrogens with one attached hydrogen (secondary N) is 2. The number of amides is 1. The number of hydrazine groups is 1. The summed E-state index contributed by atoms with van der Waals surface area (Å²) in [5, 5.41) is 4.27. The van der Waals surface area contributed by atoms with Gasteiger partial charge in [0.1, 0.15) is 5.82 Å². The Balaban J connectivity index is 1.94. The molecule has 8 heteroatoms. The van der Waals surface area contributed by atoms with Crippen LogP contribution in [0.4, 0.5) is 10.1 Å². The van der Waals surface area contributed by atoms with E-state index in [1.165, 1.54) is 28.9 Å². The van der Waals surface area contributed by atoms with Crippen LogP contribution in [0, 0.1) is 5.82 Å². The summed E-state index contributed by atoms with van der Waals surface area (Å²) in [5.74, 6) is -0.162. The summed E-state index contributed by atoms with van der Waals surface area (Å²) in [6.07, 6.45) is 0. The van der Waals surface area contributed by atoms with E-state index >= 15 is 0 Å². The van der Waals surface area contributed by atoms with Crippen LogP contribution in [0.1, 0.15) is 0 Å². The first-order valence-electron chi connectivity index (χ1n) is 4.89. The SMILES string of the molecule is O=C1CSC(=S)N1NC(=S)Nc1ccc(F)cc1. The lowest BCUT2D eigenvalue weighted by Gasteiger charge is -2.18. The molecule has 1 aliphatic rings. The van der Waals surface area contributed by atoms with Crippen LogP contribution < -0.4 is 10.7 Å². The minimum atomic E-state index is -0.327. The predicted molar refractivity (Wildman–Crippen MR) is 77.7 cm³/mol. The Morgan fingerprint density at radius 1 is 1.39 bits per heavy atom. The topological polar surface area (TPSA) is 44.4 Å². The second-order valence-electron chi connectivity index (χ2n) is 3.36. The molecule has 2 N–H and O–H groups in total. The van der Waals surface area contributed by atoms with E-state index < -0.39 is 0 Å². The number of rotatable bonds is 2. The van der Waals surface area contributed by atoms with E-state index in [9.17, 15) is 9.18 Å². The first-order valence-corrected chi connectivity index (χ1v) is 6.69. The van der Waals surface area contributed by atoms with Crippen molar-refractivity contribution in [3.05, 3.63) is 30.1 Å². The maximum Gasteiger partial charge on any atom is 0.257 e. The van der Waals surface area contributed by atoms with Crippen LogP contribution in [0.3, 0.4) is 0 Å². The van der Waals surface area contributed by atoms with Gasteiger partial charge in [-0.1, -0.05) is 24.0 Å². The number of anilines is 1. The summed E-state index contributed by atoms with van der Waals surface area (Å²) in [5.41, 5.74) is 3.31. The highest BCUT2D eigenvalue weighted by Crippen LogP contribution is 2.17. The molecule has 4 nitrogen and oxygen atoms in total. The third-order valence-electron chi connectivity index (χ3n) is 2.07. The van der Waals surface area contributed by atoms with Gasteiger partial charge in [0.25, 0.3) is 5.91 Å². The second kappa shape index (κ2) is 5.59. The van der Waals surface area contributed by atoms with Crippen molar-refractivity contribution in [3.63, 3.8) is 0 Å². The molecular formula is C10H8FN3OS3. The monoisotopic (exact) mass is 301 g/mol. The number of nitrogens with zero attached hydrogens (tertiary/aromatic N) is 1. The number of carbonyl (C=O) groups excluding carboxylic acids is 1. The standard InChI is InChI=1S/C10H8FN3OS3/c11-6-1-3-7(4-2-6)12-9(16)13-14-8(15)5-18-10(14)17/h1-4H,5H2,(H2,12,13,16). The zero-order chi connectivity index (χ0) is 13.1. The van der Waals surface area contributed by atoms with Gasteiger partial charge in [0.05, 0.1) is 5.75 Å². The first-order chi connectivity index (χ1) is 8.56. The van der Waals surface area contributed by atoms with E-state index in [4.69, 9.17) is 24.4 Å². The number of hydrogen-bond acceptors (Lipinski definition) is 4. The van der Waals surface area contributed by atoms with Gasteiger partial charge in [-0.05, 0) is 36.5 Å². The molecular weight excluding hydrogens is 293 g/mol. The Kier molecular flexibility index (Phi) is 4.10. The molecule has 0 atom stereocenters. The van der Waals surface area contributed by atoms with Gasteiger partial charge in [-0.25, -0.2) is 9.40 Å². The smallest absolute Gasteiger partial charge is 0.257 e. The molecule has 1 amide bonds. The molecule has 1 saturated heterocycles. The fourth-order valence-corrected chi connectivity index (χ4v) is 2.44. The van der Waals surface area contributed by atoms with Crippen molar-refractivity contribution in [1.82, 2.24) is 10.4 Å². The summed E-state index contributed by atoms with van der Waals surface area (Å²) in [4.78, 5) is 11.4. The molecule has 0 aliphatic carbocycles. The molecule has 1 heterocycles. The molecule has 0 aromatic heterocycles. The maximum atomic E-state index is 12.7. The van der Waals surface area contributed by atoms with Gasteiger partial charge in [-0.3, -0.25) is 10.2 Å². The zero-order valence-corrected chi connectivity index (χ0v) is 11.4. The van der Waals surface area contributed by atoms with E-state index in [1.54, 1.807) is 12.1 Å². The van der Waals surface area contributed by atoms with Crippen molar-refractivity contribution in [1.29, 1.82) is 0 Å². The van der Waals surface area contributed by atoms with Gasteiger partial charge < -0.3 is 5.32 Å². The van der Waals surface area contributed by atoms with E-state index in [-0.39, 0.29) is 16.8 Å². The molecule has 2 rings (SSSR count). The third kappa shape index (κ3) is 3.15. The average Bonchev–Trinajstić information content (AvgIpc) is 2.64. The third-order valence-corrected chi connectivity index (χ3v) is 3.62. The summed E-state index contributed by atoms with van der Waals surface area (Å²) in [6, 6.07) is 5.71. The number of halogens is 1. The van der Waals surface area contributed by atoms with E-state index in [0.717, 1.165) is 0 Å². The van der Waals surface area contributed by atoms with Crippen LogP contribution in [0.25, 0.3) is 0 Å². The number of thiocarbonyl (C=S) groups is 2. The van der Waals surface area contributed by atoms with Crippen molar-refractivity contribution in [2.45, 2.75) is 0 Å². The number of hydrogen-bond donors (Lipinski definition) is 2. The molecule has 0 bridgehead atoms. The molecule has 1 fully saturated rings. The van der Waals surface area contributed by atoms with Crippen molar-refractivity contribution >= 4 is 57.2 Å². The fourth-order valence-electron chi connectivity index (χ4n) is 1.26. The lowest BCUT2D eigenvalue weighted by molar-refractivity contribution is -0.125. The Morgan fingerprint density at radius 2 is 2.06 bits per heavy atom. The molecule has 0 spiro atoms. The first kappa shape index (κ1) is 13.2. The molecule has 0 saturated carbocycles. The van der Waals surface area contributed by atoms with Crippen molar-refractivity contribution < 1.29 is 9.18 Å². The van der Waals surface area contributed by atoms with Gasteiger partial charge in [-0.2, -0.15) is 0 Å². The van der Waals surface area contributed by atoms with Crippen molar-refractivity contribution in [3.8, 4) is 0 Å². The molecule has 1 aromatic rings. The number of benzene rings is 1. The van der Waals surface area contributed by atoms with E-state index in [2.05, 4.69) is 10.7 Å². The van der Waals surface area contributed by atoms with Gasteiger partial charge in [-0.15, -0.1) is 0 Å². The summed E-state index contributed by atoms with van der Waals surface area (Å²) in [6.45, 7) is 0. The minimum Gasteiger partial charge on any atom is -0.331 e. The average molecular weight is 301 g/mol. The van der Waals surface area contributed by atoms with Crippen molar-refractivity contribution in [2.24, 2.45) is 0 Å². The summed E-state index contributed by atoms with van der Waals surface area (Å²) < 4.78 is 13.1. The molecule has 0 radical (unpaired) electrons. The number of carbonyl (C=O) groups is 1. The summed E-state index contributed by atoms with van der Waals surface area (Å²) >= 11 is 11.3.